The first kappa shape index (κ1) is 18.1. The topological polar surface area (TPSA) is 118 Å². The molecule has 0 saturated heterocycles. The first-order chi connectivity index (χ1) is 12.0. The van der Waals surface area contributed by atoms with E-state index in [2.05, 4.69) is 9.72 Å². The normalized spacial score (nSPS) is 10.3. The molecule has 0 aliphatic carbocycles. The second kappa shape index (κ2) is 8.57. The standard InChI is InChI=1S/C16H16N2O7/c1-23-14(19)6-2-3-7-15(20)25-24-13-9-8-12(18(21)22)11-5-4-10-17-16(11)13/h4-5,8-10H,2-3,6-7H2,1H3. The minimum absolute atomic E-state index is 0.0648. The number of carbonyl (C=O) groups is 2. The number of non-ortho nitro benzene ring substituents is 1. The lowest BCUT2D eigenvalue weighted by molar-refractivity contribution is -0.383. The summed E-state index contributed by atoms with van der Waals surface area (Å²) in [6.07, 6.45) is 2.67. The number of methoxy groups -OCH3 is 1. The molecule has 9 heteroatoms. The molecule has 1 aromatic heterocycles. The Labute approximate surface area is 142 Å². The minimum atomic E-state index is -0.618. The van der Waals surface area contributed by atoms with Crippen LogP contribution in [0.25, 0.3) is 10.9 Å². The number of nitro groups is 1. The summed E-state index contributed by atoms with van der Waals surface area (Å²) in [5.74, 6) is -0.857. The number of carbonyl (C=O) groups excluding carboxylic acids is 2. The fraction of sp³-hybridized carbons (Fsp3) is 0.312. The van der Waals surface area contributed by atoms with Crippen LogP contribution in [0, 0.1) is 10.1 Å². The molecule has 0 fully saturated rings. The average Bonchev–Trinajstić information content (AvgIpc) is 2.62. The van der Waals surface area contributed by atoms with Crippen molar-refractivity contribution in [1.82, 2.24) is 4.98 Å². The molecule has 2 rings (SSSR count). The smallest absolute Gasteiger partial charge is 0.355 e. The maximum absolute atomic E-state index is 11.6. The van der Waals surface area contributed by atoms with E-state index < -0.39 is 10.9 Å². The van der Waals surface area contributed by atoms with Crippen LogP contribution in [0.1, 0.15) is 25.7 Å². The van der Waals surface area contributed by atoms with Gasteiger partial charge in [-0.2, -0.15) is 0 Å². The van der Waals surface area contributed by atoms with Gasteiger partial charge in [-0.05, 0) is 31.0 Å². The van der Waals surface area contributed by atoms with Crippen molar-refractivity contribution >= 4 is 28.5 Å². The van der Waals surface area contributed by atoms with Gasteiger partial charge < -0.3 is 4.74 Å². The molecular weight excluding hydrogens is 332 g/mol. The number of fused-ring (bicyclic) bond motifs is 1. The summed E-state index contributed by atoms with van der Waals surface area (Å²) in [5.41, 5.74) is 0.0970. The monoisotopic (exact) mass is 348 g/mol. The van der Waals surface area contributed by atoms with Crippen molar-refractivity contribution < 1.29 is 29.0 Å². The van der Waals surface area contributed by atoms with Gasteiger partial charge >= 0.3 is 11.9 Å². The van der Waals surface area contributed by atoms with Gasteiger partial charge in [0.15, 0.2) is 0 Å². The summed E-state index contributed by atoms with van der Waals surface area (Å²) in [4.78, 5) is 46.8. The fourth-order valence-corrected chi connectivity index (χ4v) is 2.13. The zero-order chi connectivity index (χ0) is 18.2. The lowest BCUT2D eigenvalue weighted by Crippen LogP contribution is -2.09. The molecule has 2 aromatic rings. The predicted octanol–water partition coefficient (Wildman–Crippen LogP) is 2.71. The van der Waals surface area contributed by atoms with Crippen LogP contribution in [-0.4, -0.2) is 29.0 Å². The van der Waals surface area contributed by atoms with Crippen molar-refractivity contribution in [2.24, 2.45) is 0 Å². The highest BCUT2D eigenvalue weighted by Crippen LogP contribution is 2.31. The zero-order valence-electron chi connectivity index (χ0n) is 13.5. The first-order valence-corrected chi connectivity index (χ1v) is 7.49. The number of aromatic nitrogens is 1. The van der Waals surface area contributed by atoms with Crippen LogP contribution in [0.3, 0.4) is 0 Å². The molecule has 0 saturated carbocycles. The molecule has 0 unspecified atom stereocenters. The molecule has 1 heterocycles. The van der Waals surface area contributed by atoms with E-state index in [4.69, 9.17) is 9.78 Å². The molecular formula is C16H16N2O7. The minimum Gasteiger partial charge on any atom is -0.469 e. The lowest BCUT2D eigenvalue weighted by atomic mass is 10.1. The number of unbranched alkanes of at least 4 members (excludes halogenated alkanes) is 1. The molecule has 0 radical (unpaired) electrons. The fourth-order valence-electron chi connectivity index (χ4n) is 2.13. The first-order valence-electron chi connectivity index (χ1n) is 7.49. The van der Waals surface area contributed by atoms with Crippen LogP contribution in [0.2, 0.25) is 0 Å². The van der Waals surface area contributed by atoms with E-state index in [1.165, 1.54) is 31.5 Å². The molecule has 0 aliphatic heterocycles. The third-order valence-electron chi connectivity index (χ3n) is 3.37. The Balaban J connectivity index is 1.95. The Hall–Kier alpha value is -3.23. The van der Waals surface area contributed by atoms with E-state index in [1.54, 1.807) is 6.07 Å². The molecule has 9 nitrogen and oxygen atoms in total. The Morgan fingerprint density at radius 3 is 2.56 bits per heavy atom. The van der Waals surface area contributed by atoms with Crippen LogP contribution < -0.4 is 4.89 Å². The maximum Gasteiger partial charge on any atom is 0.355 e. The summed E-state index contributed by atoms with van der Waals surface area (Å²) >= 11 is 0. The van der Waals surface area contributed by atoms with Crippen molar-refractivity contribution in [2.45, 2.75) is 25.7 Å². The van der Waals surface area contributed by atoms with Crippen molar-refractivity contribution in [3.63, 3.8) is 0 Å². The number of esters is 1. The van der Waals surface area contributed by atoms with Gasteiger partial charge in [-0.3, -0.25) is 29.7 Å². The Bertz CT molecular complexity index is 791. The van der Waals surface area contributed by atoms with E-state index in [0.29, 0.717) is 12.8 Å². The van der Waals surface area contributed by atoms with Gasteiger partial charge in [0.2, 0.25) is 5.75 Å². The molecule has 0 bridgehead atoms. The summed E-state index contributed by atoms with van der Waals surface area (Å²) < 4.78 is 4.50. The summed E-state index contributed by atoms with van der Waals surface area (Å²) in [6, 6.07) is 5.66. The SMILES string of the molecule is COC(=O)CCCCC(=O)OOc1ccc([N+](=O)[O-])c2cccnc12. The maximum atomic E-state index is 11.6. The molecule has 0 spiro atoms. The third-order valence-corrected chi connectivity index (χ3v) is 3.37. The number of nitrogens with zero attached hydrogens (tertiary/aromatic N) is 2. The average molecular weight is 348 g/mol. The molecule has 132 valence electrons. The molecule has 1 aromatic carbocycles. The van der Waals surface area contributed by atoms with Crippen LogP contribution in [0.4, 0.5) is 5.69 Å². The molecule has 0 N–H and O–H groups in total. The lowest BCUT2D eigenvalue weighted by Gasteiger charge is -2.07. The highest BCUT2D eigenvalue weighted by atomic mass is 17.2. The zero-order valence-corrected chi connectivity index (χ0v) is 13.5. The van der Waals surface area contributed by atoms with Crippen molar-refractivity contribution in [1.29, 1.82) is 0 Å². The van der Waals surface area contributed by atoms with Crippen LogP contribution in [-0.2, 0) is 19.2 Å². The van der Waals surface area contributed by atoms with E-state index in [1.807, 2.05) is 0 Å². The number of nitro benzene ring substituents is 1. The highest BCUT2D eigenvalue weighted by molar-refractivity contribution is 5.92. The molecule has 0 atom stereocenters. The molecule has 0 aliphatic rings. The Kier molecular flexibility index (Phi) is 6.21. The van der Waals surface area contributed by atoms with Crippen LogP contribution in [0.5, 0.6) is 5.75 Å². The van der Waals surface area contributed by atoms with E-state index in [0.717, 1.165) is 0 Å². The van der Waals surface area contributed by atoms with Gasteiger partial charge in [-0.1, -0.05) is 0 Å². The Morgan fingerprint density at radius 2 is 1.88 bits per heavy atom. The number of rotatable bonds is 8. The van der Waals surface area contributed by atoms with Crippen LogP contribution >= 0.6 is 0 Å². The predicted molar refractivity (Wildman–Crippen MR) is 85.6 cm³/mol. The molecule has 0 amide bonds. The van der Waals surface area contributed by atoms with Gasteiger partial charge in [-0.15, -0.1) is 0 Å². The number of pyridine rings is 1. The highest BCUT2D eigenvalue weighted by Gasteiger charge is 2.17. The second-order valence-corrected chi connectivity index (χ2v) is 5.06. The number of hydrogen-bond donors (Lipinski definition) is 0. The number of hydrogen-bond acceptors (Lipinski definition) is 8. The number of benzene rings is 1. The van der Waals surface area contributed by atoms with Crippen molar-refractivity contribution in [2.75, 3.05) is 7.11 Å². The number of ether oxygens (including phenoxy) is 1. The molecule has 25 heavy (non-hydrogen) atoms. The van der Waals surface area contributed by atoms with E-state index in [9.17, 15) is 19.7 Å². The van der Waals surface area contributed by atoms with E-state index >= 15 is 0 Å². The summed E-state index contributed by atoms with van der Waals surface area (Å²) in [5, 5.41) is 11.3. The van der Waals surface area contributed by atoms with E-state index in [-0.39, 0.29) is 41.2 Å². The second-order valence-electron chi connectivity index (χ2n) is 5.06. The van der Waals surface area contributed by atoms with Gasteiger partial charge in [-0.25, -0.2) is 4.79 Å². The quantitative estimate of drug-likeness (QED) is 0.235. The largest absolute Gasteiger partial charge is 0.469 e. The third kappa shape index (κ3) is 4.87. The van der Waals surface area contributed by atoms with Crippen molar-refractivity contribution in [3.05, 3.63) is 40.6 Å². The van der Waals surface area contributed by atoms with Gasteiger partial charge in [0.25, 0.3) is 5.69 Å². The van der Waals surface area contributed by atoms with Gasteiger partial charge in [0, 0.05) is 18.7 Å². The Morgan fingerprint density at radius 1 is 1.16 bits per heavy atom. The van der Waals surface area contributed by atoms with Crippen LogP contribution in [0.15, 0.2) is 30.5 Å². The van der Waals surface area contributed by atoms with Crippen molar-refractivity contribution in [3.8, 4) is 5.75 Å². The summed E-state index contributed by atoms with van der Waals surface area (Å²) in [6.45, 7) is 0. The van der Waals surface area contributed by atoms with Gasteiger partial charge in [0.1, 0.15) is 5.52 Å². The summed E-state index contributed by atoms with van der Waals surface area (Å²) in [7, 11) is 1.30. The van der Waals surface area contributed by atoms with Gasteiger partial charge in [0.05, 0.1) is 23.8 Å².